The van der Waals surface area contributed by atoms with Crippen LogP contribution in [0.1, 0.15) is 33.1 Å². The van der Waals surface area contributed by atoms with Crippen LogP contribution < -0.4 is 15.0 Å². The summed E-state index contributed by atoms with van der Waals surface area (Å²) in [6.45, 7) is 6.60. The molecule has 1 fully saturated rings. The molecule has 19 heavy (non-hydrogen) atoms. The largest absolute Gasteiger partial charge is 0.495 e. The molecule has 0 aromatic carbocycles. The van der Waals surface area contributed by atoms with E-state index in [1.807, 2.05) is 12.1 Å². The van der Waals surface area contributed by atoms with Gasteiger partial charge in [0.15, 0.2) is 0 Å². The van der Waals surface area contributed by atoms with Gasteiger partial charge in [-0.1, -0.05) is 6.42 Å². The number of hydrogen-bond acceptors (Lipinski definition) is 4. The molecular weight excluding hydrogens is 238 g/mol. The van der Waals surface area contributed by atoms with Crippen molar-refractivity contribution in [1.82, 2.24) is 10.3 Å². The molecule has 4 heteroatoms. The first-order valence-electron chi connectivity index (χ1n) is 7.20. The van der Waals surface area contributed by atoms with Crippen LogP contribution in [0.4, 0.5) is 5.82 Å². The average molecular weight is 263 g/mol. The normalized spacial score (nSPS) is 19.5. The zero-order valence-corrected chi connectivity index (χ0v) is 12.2. The summed E-state index contributed by atoms with van der Waals surface area (Å²) in [5.41, 5.74) is 0. The molecule has 4 nitrogen and oxygen atoms in total. The van der Waals surface area contributed by atoms with Gasteiger partial charge < -0.3 is 15.0 Å². The van der Waals surface area contributed by atoms with Gasteiger partial charge >= 0.3 is 0 Å². The summed E-state index contributed by atoms with van der Waals surface area (Å²) in [7, 11) is 1.67. The maximum atomic E-state index is 5.17. The lowest BCUT2D eigenvalue weighted by Crippen LogP contribution is -2.46. The molecule has 2 heterocycles. The molecule has 1 aliphatic heterocycles. The molecule has 0 saturated carbocycles. The van der Waals surface area contributed by atoms with Gasteiger partial charge in [0, 0.05) is 18.6 Å². The monoisotopic (exact) mass is 263 g/mol. The van der Waals surface area contributed by atoms with Gasteiger partial charge in [-0.05, 0) is 45.4 Å². The standard InChI is InChI=1S/C15H25N3O/c1-12(2)18(11-13-6-4-5-9-16-13)15-8-7-14(19-3)10-17-15/h7-8,10,12-13,16H,4-6,9,11H2,1-3H3. The lowest BCUT2D eigenvalue weighted by Gasteiger charge is -2.34. The van der Waals surface area contributed by atoms with E-state index in [9.17, 15) is 0 Å². The molecule has 1 unspecified atom stereocenters. The van der Waals surface area contributed by atoms with Crippen molar-refractivity contribution < 1.29 is 4.74 Å². The molecule has 0 spiro atoms. The van der Waals surface area contributed by atoms with E-state index in [2.05, 4.69) is 29.0 Å². The fourth-order valence-corrected chi connectivity index (χ4v) is 2.55. The third-order valence-corrected chi connectivity index (χ3v) is 3.70. The second-order valence-electron chi connectivity index (χ2n) is 5.45. The lowest BCUT2D eigenvalue weighted by atomic mass is 10.0. The summed E-state index contributed by atoms with van der Waals surface area (Å²) in [6, 6.07) is 5.05. The molecule has 1 aromatic rings. The summed E-state index contributed by atoms with van der Waals surface area (Å²) < 4.78 is 5.17. The van der Waals surface area contributed by atoms with E-state index in [-0.39, 0.29) is 0 Å². The van der Waals surface area contributed by atoms with Crippen LogP contribution in [-0.2, 0) is 0 Å². The van der Waals surface area contributed by atoms with Crippen LogP contribution in [0, 0.1) is 0 Å². The second-order valence-corrected chi connectivity index (χ2v) is 5.45. The van der Waals surface area contributed by atoms with Gasteiger partial charge in [-0.25, -0.2) is 4.98 Å². The van der Waals surface area contributed by atoms with Crippen molar-refractivity contribution in [3.63, 3.8) is 0 Å². The molecule has 0 amide bonds. The Balaban J connectivity index is 2.05. The third kappa shape index (κ3) is 3.83. The smallest absolute Gasteiger partial charge is 0.137 e. The fourth-order valence-electron chi connectivity index (χ4n) is 2.55. The van der Waals surface area contributed by atoms with Crippen LogP contribution >= 0.6 is 0 Å². The van der Waals surface area contributed by atoms with E-state index in [1.54, 1.807) is 13.3 Å². The van der Waals surface area contributed by atoms with Gasteiger partial charge in [0.2, 0.25) is 0 Å². The van der Waals surface area contributed by atoms with Crippen molar-refractivity contribution in [3.8, 4) is 5.75 Å². The van der Waals surface area contributed by atoms with E-state index >= 15 is 0 Å². The van der Waals surface area contributed by atoms with Gasteiger partial charge in [-0.3, -0.25) is 0 Å². The van der Waals surface area contributed by atoms with E-state index in [0.717, 1.165) is 24.7 Å². The Kier molecular flexibility index (Phi) is 5.02. The van der Waals surface area contributed by atoms with Crippen molar-refractivity contribution in [3.05, 3.63) is 18.3 Å². The average Bonchev–Trinajstić information content (AvgIpc) is 2.46. The van der Waals surface area contributed by atoms with Crippen molar-refractivity contribution in [2.45, 2.75) is 45.2 Å². The second kappa shape index (κ2) is 6.75. The first-order chi connectivity index (χ1) is 9.20. The molecule has 2 rings (SSSR count). The summed E-state index contributed by atoms with van der Waals surface area (Å²) in [4.78, 5) is 6.87. The van der Waals surface area contributed by atoms with Crippen LogP contribution in [0.3, 0.4) is 0 Å². The first kappa shape index (κ1) is 14.1. The van der Waals surface area contributed by atoms with Gasteiger partial charge in [-0.2, -0.15) is 0 Å². The van der Waals surface area contributed by atoms with Crippen LogP contribution in [0.25, 0.3) is 0 Å². The minimum atomic E-state index is 0.449. The Morgan fingerprint density at radius 3 is 2.79 bits per heavy atom. The van der Waals surface area contributed by atoms with E-state index in [4.69, 9.17) is 4.74 Å². The fraction of sp³-hybridized carbons (Fsp3) is 0.667. The molecule has 106 valence electrons. The Hall–Kier alpha value is -1.29. The molecule has 1 aliphatic rings. The highest BCUT2D eigenvalue weighted by Crippen LogP contribution is 2.19. The maximum Gasteiger partial charge on any atom is 0.137 e. The van der Waals surface area contributed by atoms with Gasteiger partial charge in [0.1, 0.15) is 11.6 Å². The minimum Gasteiger partial charge on any atom is -0.495 e. The van der Waals surface area contributed by atoms with Gasteiger partial charge in [0.25, 0.3) is 0 Å². The predicted octanol–water partition coefficient (Wildman–Crippen LogP) is 2.45. The third-order valence-electron chi connectivity index (χ3n) is 3.70. The molecule has 0 radical (unpaired) electrons. The maximum absolute atomic E-state index is 5.17. The van der Waals surface area contributed by atoms with Crippen LogP contribution in [0.15, 0.2) is 18.3 Å². The van der Waals surface area contributed by atoms with Crippen LogP contribution in [0.5, 0.6) is 5.75 Å². The number of aromatic nitrogens is 1. The Bertz CT molecular complexity index is 371. The Labute approximate surface area is 116 Å². The first-order valence-corrected chi connectivity index (χ1v) is 7.20. The van der Waals surface area contributed by atoms with Crippen molar-refractivity contribution in [2.24, 2.45) is 0 Å². The number of ether oxygens (including phenoxy) is 1. The SMILES string of the molecule is COc1ccc(N(CC2CCCCN2)C(C)C)nc1. The highest BCUT2D eigenvalue weighted by atomic mass is 16.5. The predicted molar refractivity (Wildman–Crippen MR) is 78.9 cm³/mol. The van der Waals surface area contributed by atoms with E-state index in [0.29, 0.717) is 12.1 Å². The minimum absolute atomic E-state index is 0.449. The number of pyridine rings is 1. The summed E-state index contributed by atoms with van der Waals surface area (Å²) in [5, 5.41) is 3.60. The Morgan fingerprint density at radius 1 is 1.42 bits per heavy atom. The topological polar surface area (TPSA) is 37.4 Å². The molecule has 1 N–H and O–H groups in total. The van der Waals surface area contributed by atoms with Crippen LogP contribution in [0.2, 0.25) is 0 Å². The zero-order valence-electron chi connectivity index (χ0n) is 12.2. The summed E-state index contributed by atoms with van der Waals surface area (Å²) >= 11 is 0. The highest BCUT2D eigenvalue weighted by molar-refractivity contribution is 5.42. The number of nitrogens with zero attached hydrogens (tertiary/aromatic N) is 2. The Morgan fingerprint density at radius 2 is 2.26 bits per heavy atom. The van der Waals surface area contributed by atoms with E-state index in [1.165, 1.54) is 19.3 Å². The number of anilines is 1. The quantitative estimate of drug-likeness (QED) is 0.885. The number of piperidine rings is 1. The van der Waals surface area contributed by atoms with Crippen molar-refractivity contribution in [1.29, 1.82) is 0 Å². The zero-order chi connectivity index (χ0) is 13.7. The van der Waals surface area contributed by atoms with Crippen molar-refractivity contribution >= 4 is 5.82 Å². The van der Waals surface area contributed by atoms with Crippen molar-refractivity contribution in [2.75, 3.05) is 25.1 Å². The molecule has 0 bridgehead atoms. The number of rotatable bonds is 5. The molecule has 0 aliphatic carbocycles. The van der Waals surface area contributed by atoms with Crippen LogP contribution in [-0.4, -0.2) is 37.3 Å². The van der Waals surface area contributed by atoms with Gasteiger partial charge in [-0.15, -0.1) is 0 Å². The lowest BCUT2D eigenvalue weighted by molar-refractivity contribution is 0.392. The molecular formula is C15H25N3O. The summed E-state index contributed by atoms with van der Waals surface area (Å²) in [6.07, 6.45) is 5.69. The summed E-state index contributed by atoms with van der Waals surface area (Å²) in [5.74, 6) is 1.84. The number of hydrogen-bond donors (Lipinski definition) is 1. The highest BCUT2D eigenvalue weighted by Gasteiger charge is 2.19. The molecule has 1 atom stereocenters. The van der Waals surface area contributed by atoms with E-state index < -0.39 is 0 Å². The molecule has 1 aromatic heterocycles. The molecule has 1 saturated heterocycles. The number of nitrogens with one attached hydrogen (secondary N) is 1. The van der Waals surface area contributed by atoms with Gasteiger partial charge in [0.05, 0.1) is 13.3 Å². The number of methoxy groups -OCH3 is 1.